The maximum atomic E-state index is 12.8. The second-order valence-corrected chi connectivity index (χ2v) is 2.58. The summed E-state index contributed by atoms with van der Waals surface area (Å²) in [5.74, 6) is -0.489. The molecule has 1 aromatic rings. The molecular weight excluding hydrogens is 187 g/mol. The van der Waals surface area contributed by atoms with Gasteiger partial charge in [0.2, 0.25) is 0 Å². The first-order valence-electron chi connectivity index (χ1n) is 4.09. The Bertz CT molecular complexity index is 331. The zero-order chi connectivity index (χ0) is 10.6. The van der Waals surface area contributed by atoms with Gasteiger partial charge in [0.1, 0.15) is 11.6 Å². The third kappa shape index (κ3) is 1.96. The molecule has 0 N–H and O–H groups in total. The fourth-order valence-corrected chi connectivity index (χ4v) is 1.12. The highest BCUT2D eigenvalue weighted by molar-refractivity contribution is 5.88. The van der Waals surface area contributed by atoms with Crippen LogP contribution in [0, 0.1) is 5.82 Å². The summed E-state index contributed by atoms with van der Waals surface area (Å²) >= 11 is 0. The van der Waals surface area contributed by atoms with Crippen LogP contribution in [0.1, 0.15) is 27.6 Å². The molecule has 0 radical (unpaired) electrons. The maximum absolute atomic E-state index is 12.8. The van der Waals surface area contributed by atoms with Gasteiger partial charge in [-0.25, -0.2) is 4.39 Å². The molecule has 0 saturated heterocycles. The Labute approximate surface area is 80.5 Å². The molecule has 0 fully saturated rings. The number of ether oxygens (including phenoxy) is 1. The molecule has 3 nitrogen and oxygen atoms in total. The van der Waals surface area contributed by atoms with Gasteiger partial charge in [0.15, 0.2) is 12.6 Å². The van der Waals surface area contributed by atoms with Crippen LogP contribution < -0.4 is 4.74 Å². The van der Waals surface area contributed by atoms with Gasteiger partial charge < -0.3 is 4.74 Å². The summed E-state index contributed by atoms with van der Waals surface area (Å²) in [7, 11) is 0. The van der Waals surface area contributed by atoms with Crippen LogP contribution in [0.3, 0.4) is 0 Å². The third-order valence-electron chi connectivity index (χ3n) is 1.65. The summed E-state index contributed by atoms with van der Waals surface area (Å²) in [4.78, 5) is 21.1. The van der Waals surface area contributed by atoms with Crippen LogP contribution in [0.2, 0.25) is 0 Å². The Kier molecular flexibility index (Phi) is 3.34. The lowest BCUT2D eigenvalue weighted by atomic mass is 10.1. The van der Waals surface area contributed by atoms with E-state index in [9.17, 15) is 14.0 Å². The molecule has 14 heavy (non-hydrogen) atoms. The lowest BCUT2D eigenvalue weighted by Gasteiger charge is -2.08. The first-order valence-corrected chi connectivity index (χ1v) is 4.09. The van der Waals surface area contributed by atoms with Crippen LogP contribution in [-0.4, -0.2) is 19.2 Å². The SMILES string of the molecule is CCOc1c(C=O)cc(F)cc1C=O. The number of hydrogen-bond acceptors (Lipinski definition) is 3. The van der Waals surface area contributed by atoms with E-state index in [4.69, 9.17) is 4.74 Å². The zero-order valence-corrected chi connectivity index (χ0v) is 7.62. The second-order valence-electron chi connectivity index (χ2n) is 2.58. The van der Waals surface area contributed by atoms with Gasteiger partial charge >= 0.3 is 0 Å². The third-order valence-corrected chi connectivity index (χ3v) is 1.65. The Hall–Kier alpha value is -1.71. The molecule has 0 atom stereocenters. The number of aldehydes is 2. The fourth-order valence-electron chi connectivity index (χ4n) is 1.12. The molecule has 0 spiro atoms. The van der Waals surface area contributed by atoms with Crippen molar-refractivity contribution < 1.29 is 18.7 Å². The van der Waals surface area contributed by atoms with E-state index in [0.717, 1.165) is 12.1 Å². The molecule has 0 bridgehead atoms. The van der Waals surface area contributed by atoms with Crippen LogP contribution in [0.5, 0.6) is 5.75 Å². The first kappa shape index (κ1) is 10.4. The van der Waals surface area contributed by atoms with E-state index >= 15 is 0 Å². The summed E-state index contributed by atoms with van der Waals surface area (Å²) in [5.41, 5.74) is 0.0999. The minimum atomic E-state index is -0.627. The van der Waals surface area contributed by atoms with E-state index in [-0.39, 0.29) is 16.9 Å². The number of carbonyl (C=O) groups is 2. The molecule has 0 saturated carbocycles. The molecule has 74 valence electrons. The number of carbonyl (C=O) groups excluding carboxylic acids is 2. The fraction of sp³-hybridized carbons (Fsp3) is 0.200. The van der Waals surface area contributed by atoms with Crippen LogP contribution in [0.25, 0.3) is 0 Å². The molecule has 0 aliphatic carbocycles. The van der Waals surface area contributed by atoms with E-state index in [1.165, 1.54) is 0 Å². The minimum Gasteiger partial charge on any atom is -0.492 e. The quantitative estimate of drug-likeness (QED) is 0.690. The number of benzene rings is 1. The van der Waals surface area contributed by atoms with Gasteiger partial charge in [0.25, 0.3) is 0 Å². The Morgan fingerprint density at radius 1 is 1.29 bits per heavy atom. The van der Waals surface area contributed by atoms with Gasteiger partial charge in [-0.1, -0.05) is 0 Å². The lowest BCUT2D eigenvalue weighted by Crippen LogP contribution is -2.01. The lowest BCUT2D eigenvalue weighted by molar-refractivity contribution is 0.111. The second kappa shape index (κ2) is 4.50. The molecule has 4 heteroatoms. The van der Waals surface area contributed by atoms with Crippen molar-refractivity contribution in [3.63, 3.8) is 0 Å². The molecular formula is C10H9FO3. The number of hydrogen-bond donors (Lipinski definition) is 0. The van der Waals surface area contributed by atoms with Crippen LogP contribution >= 0.6 is 0 Å². The van der Waals surface area contributed by atoms with Crippen molar-refractivity contribution >= 4 is 12.6 Å². The van der Waals surface area contributed by atoms with Gasteiger partial charge in [0, 0.05) is 0 Å². The molecule has 1 aromatic carbocycles. The van der Waals surface area contributed by atoms with E-state index in [1.54, 1.807) is 6.92 Å². The normalized spacial score (nSPS) is 9.57. The van der Waals surface area contributed by atoms with Crippen LogP contribution in [0.4, 0.5) is 4.39 Å². The van der Waals surface area contributed by atoms with E-state index in [1.807, 2.05) is 0 Å². The standard InChI is InChI=1S/C10H9FO3/c1-2-14-10-7(5-12)3-9(11)4-8(10)6-13/h3-6H,2H2,1H3. The summed E-state index contributed by atoms with van der Waals surface area (Å²) in [6.07, 6.45) is 0.919. The van der Waals surface area contributed by atoms with Crippen molar-refractivity contribution in [1.82, 2.24) is 0 Å². The Morgan fingerprint density at radius 3 is 2.14 bits per heavy atom. The largest absolute Gasteiger partial charge is 0.492 e. The van der Waals surface area contributed by atoms with Gasteiger partial charge in [-0.05, 0) is 19.1 Å². The summed E-state index contributed by atoms with van der Waals surface area (Å²) in [5, 5.41) is 0. The topological polar surface area (TPSA) is 43.4 Å². The average Bonchev–Trinajstić information content (AvgIpc) is 2.20. The highest BCUT2D eigenvalue weighted by Gasteiger charge is 2.10. The van der Waals surface area contributed by atoms with Crippen LogP contribution in [0.15, 0.2) is 12.1 Å². The molecule has 0 heterocycles. The molecule has 0 amide bonds. The summed E-state index contributed by atoms with van der Waals surface area (Å²) in [6.45, 7) is 2.03. The number of halogens is 1. The Morgan fingerprint density at radius 2 is 1.79 bits per heavy atom. The minimum absolute atomic E-state index is 0.0500. The number of rotatable bonds is 4. The predicted octanol–water partition coefficient (Wildman–Crippen LogP) is 1.85. The average molecular weight is 196 g/mol. The molecule has 0 aliphatic rings. The summed E-state index contributed by atoms with van der Waals surface area (Å²) in [6, 6.07) is 2.07. The van der Waals surface area contributed by atoms with Crippen molar-refractivity contribution in [3.8, 4) is 5.75 Å². The Balaban J connectivity index is 3.31. The molecule has 1 rings (SSSR count). The first-order chi connectivity index (χ1) is 6.72. The van der Waals surface area contributed by atoms with Crippen molar-refractivity contribution in [2.75, 3.05) is 6.61 Å². The smallest absolute Gasteiger partial charge is 0.153 e. The van der Waals surface area contributed by atoms with E-state index in [2.05, 4.69) is 0 Å². The zero-order valence-electron chi connectivity index (χ0n) is 7.62. The van der Waals surface area contributed by atoms with Crippen molar-refractivity contribution in [2.45, 2.75) is 6.92 Å². The predicted molar refractivity (Wildman–Crippen MR) is 48.3 cm³/mol. The van der Waals surface area contributed by atoms with Crippen molar-refractivity contribution in [3.05, 3.63) is 29.1 Å². The molecule has 0 aromatic heterocycles. The van der Waals surface area contributed by atoms with E-state index < -0.39 is 5.82 Å². The molecule has 0 aliphatic heterocycles. The summed E-state index contributed by atoms with van der Waals surface area (Å²) < 4.78 is 17.9. The van der Waals surface area contributed by atoms with Crippen molar-refractivity contribution in [1.29, 1.82) is 0 Å². The monoisotopic (exact) mass is 196 g/mol. The van der Waals surface area contributed by atoms with E-state index in [0.29, 0.717) is 19.2 Å². The molecule has 0 unspecified atom stereocenters. The van der Waals surface area contributed by atoms with Crippen molar-refractivity contribution in [2.24, 2.45) is 0 Å². The highest BCUT2D eigenvalue weighted by atomic mass is 19.1. The van der Waals surface area contributed by atoms with Gasteiger partial charge in [-0.15, -0.1) is 0 Å². The van der Waals surface area contributed by atoms with Crippen LogP contribution in [-0.2, 0) is 0 Å². The van der Waals surface area contributed by atoms with Gasteiger partial charge in [-0.2, -0.15) is 0 Å². The van der Waals surface area contributed by atoms with Gasteiger partial charge in [0.05, 0.1) is 17.7 Å². The highest BCUT2D eigenvalue weighted by Crippen LogP contribution is 2.22. The maximum Gasteiger partial charge on any atom is 0.153 e. The van der Waals surface area contributed by atoms with Gasteiger partial charge in [-0.3, -0.25) is 9.59 Å².